The minimum absolute atomic E-state index is 0.279. The van der Waals surface area contributed by atoms with Gasteiger partial charge < -0.3 is 9.42 Å². The summed E-state index contributed by atoms with van der Waals surface area (Å²) in [4.78, 5) is 6.87. The van der Waals surface area contributed by atoms with Gasteiger partial charge in [-0.2, -0.15) is 0 Å². The standard InChI is InChI=1S/C15H16ClN3OS2/c1-17-15(21-2)19-11-3-8(11)4-12(19)10-6-13(20-18-10)9-5-14(16)22-7-9/h5-8,11-12H,3-4H2,1-2H3/t8-,11-,12-/m1/s1. The second kappa shape index (κ2) is 5.58. The number of hydrogen-bond acceptors (Lipinski definition) is 5. The van der Waals surface area contributed by atoms with Crippen molar-refractivity contribution in [3.63, 3.8) is 0 Å². The Hall–Kier alpha value is -0.980. The number of aromatic nitrogens is 1. The Balaban J connectivity index is 1.63. The van der Waals surface area contributed by atoms with E-state index in [1.807, 2.05) is 18.5 Å². The molecule has 0 radical (unpaired) electrons. The van der Waals surface area contributed by atoms with Gasteiger partial charge in [0.1, 0.15) is 5.69 Å². The fraction of sp³-hybridized carbons (Fsp3) is 0.467. The number of halogens is 1. The van der Waals surface area contributed by atoms with Crippen molar-refractivity contribution in [3.8, 4) is 11.3 Å². The van der Waals surface area contributed by atoms with Crippen LogP contribution in [0.1, 0.15) is 24.6 Å². The van der Waals surface area contributed by atoms with Gasteiger partial charge in [0.15, 0.2) is 10.9 Å². The monoisotopic (exact) mass is 353 g/mol. The lowest BCUT2D eigenvalue weighted by atomic mass is 10.1. The summed E-state index contributed by atoms with van der Waals surface area (Å²) < 4.78 is 6.31. The van der Waals surface area contributed by atoms with E-state index in [2.05, 4.69) is 27.4 Å². The Bertz CT molecular complexity index is 726. The van der Waals surface area contributed by atoms with Crippen LogP contribution in [-0.2, 0) is 0 Å². The molecule has 1 aliphatic carbocycles. The van der Waals surface area contributed by atoms with Gasteiger partial charge in [0.25, 0.3) is 0 Å². The van der Waals surface area contributed by atoms with Crippen LogP contribution in [0.15, 0.2) is 27.0 Å². The number of amidine groups is 1. The second-order valence-corrected chi connectivity index (χ2v) is 8.00. The van der Waals surface area contributed by atoms with Crippen LogP contribution in [0.3, 0.4) is 0 Å². The van der Waals surface area contributed by atoms with Crippen LogP contribution in [0.25, 0.3) is 11.3 Å². The molecule has 2 aliphatic rings. The van der Waals surface area contributed by atoms with Gasteiger partial charge in [-0.15, -0.1) is 11.3 Å². The maximum Gasteiger partial charge on any atom is 0.168 e. The van der Waals surface area contributed by atoms with Crippen LogP contribution in [0.4, 0.5) is 0 Å². The van der Waals surface area contributed by atoms with Crippen molar-refractivity contribution in [1.82, 2.24) is 10.1 Å². The molecule has 7 heteroatoms. The van der Waals surface area contributed by atoms with E-state index in [-0.39, 0.29) is 6.04 Å². The Labute approximate surface area is 142 Å². The lowest BCUT2D eigenvalue weighted by molar-refractivity contribution is 0.327. The molecule has 2 aromatic heterocycles. The summed E-state index contributed by atoms with van der Waals surface area (Å²) in [6, 6.07) is 4.88. The Morgan fingerprint density at radius 2 is 2.36 bits per heavy atom. The summed E-state index contributed by atoms with van der Waals surface area (Å²) in [5, 5.41) is 7.41. The minimum Gasteiger partial charge on any atom is -0.356 e. The number of aliphatic imine (C=N–C) groups is 1. The SMILES string of the molecule is CN=C(SC)N1[C@@H](c2cc(-c3csc(Cl)c3)on2)C[C@H]2C[C@H]21. The van der Waals surface area contributed by atoms with Gasteiger partial charge in [-0.3, -0.25) is 4.99 Å². The molecular formula is C15H16ClN3OS2. The first kappa shape index (κ1) is 14.6. The van der Waals surface area contributed by atoms with Gasteiger partial charge in [0.05, 0.1) is 10.4 Å². The number of hydrogen-bond donors (Lipinski definition) is 0. The molecule has 1 aliphatic heterocycles. The number of piperidine rings is 1. The summed E-state index contributed by atoms with van der Waals surface area (Å²) in [6.07, 6.45) is 4.50. The fourth-order valence-electron chi connectivity index (χ4n) is 3.33. The van der Waals surface area contributed by atoms with Crippen LogP contribution >= 0.6 is 34.7 Å². The molecule has 2 aromatic rings. The number of thiophene rings is 1. The van der Waals surface area contributed by atoms with E-state index in [4.69, 9.17) is 16.1 Å². The third-order valence-electron chi connectivity index (χ3n) is 4.42. The largest absolute Gasteiger partial charge is 0.356 e. The van der Waals surface area contributed by atoms with Crippen molar-refractivity contribution in [3.05, 3.63) is 27.5 Å². The maximum atomic E-state index is 6.00. The summed E-state index contributed by atoms with van der Waals surface area (Å²) >= 11 is 9.21. The van der Waals surface area contributed by atoms with E-state index in [1.54, 1.807) is 11.8 Å². The predicted molar refractivity (Wildman–Crippen MR) is 92.8 cm³/mol. The lowest BCUT2D eigenvalue weighted by Crippen LogP contribution is -2.31. The molecule has 0 N–H and O–H groups in total. The molecule has 1 saturated heterocycles. The molecule has 22 heavy (non-hydrogen) atoms. The number of thioether (sulfide) groups is 1. The van der Waals surface area contributed by atoms with Crippen LogP contribution in [0.2, 0.25) is 4.34 Å². The molecule has 2 fully saturated rings. The molecule has 0 aromatic carbocycles. The molecule has 4 rings (SSSR count). The van der Waals surface area contributed by atoms with Crippen LogP contribution in [0.5, 0.6) is 0 Å². The van der Waals surface area contributed by atoms with Gasteiger partial charge in [0, 0.05) is 30.1 Å². The normalized spacial score (nSPS) is 27.3. The molecule has 3 atom stereocenters. The molecule has 0 spiro atoms. The smallest absolute Gasteiger partial charge is 0.168 e. The van der Waals surface area contributed by atoms with Gasteiger partial charge in [-0.05, 0) is 31.1 Å². The average Bonchev–Trinajstić information content (AvgIpc) is 2.90. The number of nitrogens with zero attached hydrogens (tertiary/aromatic N) is 3. The zero-order valence-electron chi connectivity index (χ0n) is 12.3. The van der Waals surface area contributed by atoms with E-state index < -0.39 is 0 Å². The van der Waals surface area contributed by atoms with Crippen LogP contribution in [0, 0.1) is 5.92 Å². The van der Waals surface area contributed by atoms with Crippen LogP contribution in [-0.4, -0.2) is 34.6 Å². The molecule has 116 valence electrons. The quantitative estimate of drug-likeness (QED) is 0.587. The van der Waals surface area contributed by atoms with E-state index >= 15 is 0 Å². The Morgan fingerprint density at radius 1 is 1.50 bits per heavy atom. The lowest BCUT2D eigenvalue weighted by Gasteiger charge is -2.28. The second-order valence-electron chi connectivity index (χ2n) is 5.69. The summed E-state index contributed by atoms with van der Waals surface area (Å²) in [5.74, 6) is 1.57. The summed E-state index contributed by atoms with van der Waals surface area (Å²) in [6.45, 7) is 0. The van der Waals surface area contributed by atoms with E-state index in [9.17, 15) is 0 Å². The number of rotatable bonds is 2. The van der Waals surface area contributed by atoms with Gasteiger partial charge >= 0.3 is 0 Å². The zero-order valence-corrected chi connectivity index (χ0v) is 14.7. The van der Waals surface area contributed by atoms with E-state index in [0.29, 0.717) is 6.04 Å². The third-order valence-corrected chi connectivity index (χ3v) is 6.27. The molecule has 0 bridgehead atoms. The Kier molecular flexibility index (Phi) is 3.71. The van der Waals surface area contributed by atoms with Crippen molar-refractivity contribution in [2.45, 2.75) is 24.9 Å². The first-order valence-electron chi connectivity index (χ1n) is 7.21. The third kappa shape index (κ3) is 2.37. The van der Waals surface area contributed by atoms with Gasteiger partial charge in [-0.25, -0.2) is 0 Å². The molecule has 4 nitrogen and oxygen atoms in total. The molecule has 3 heterocycles. The molecular weight excluding hydrogens is 338 g/mol. The Morgan fingerprint density at radius 3 is 3.05 bits per heavy atom. The summed E-state index contributed by atoms with van der Waals surface area (Å²) in [5.41, 5.74) is 2.00. The minimum atomic E-state index is 0.279. The van der Waals surface area contributed by atoms with Crippen molar-refractivity contribution in [2.24, 2.45) is 10.9 Å². The molecule has 0 amide bonds. The van der Waals surface area contributed by atoms with E-state index in [1.165, 1.54) is 17.8 Å². The predicted octanol–water partition coefficient (Wildman–Crippen LogP) is 4.54. The van der Waals surface area contributed by atoms with Crippen LogP contribution < -0.4 is 0 Å². The zero-order chi connectivity index (χ0) is 15.3. The topological polar surface area (TPSA) is 41.6 Å². The van der Waals surface area contributed by atoms with Crippen molar-refractivity contribution >= 4 is 39.9 Å². The van der Waals surface area contributed by atoms with Crippen molar-refractivity contribution in [1.29, 1.82) is 0 Å². The highest BCUT2D eigenvalue weighted by Crippen LogP contribution is 2.54. The first-order valence-corrected chi connectivity index (χ1v) is 9.69. The first-order chi connectivity index (χ1) is 10.7. The fourth-order valence-corrected chi connectivity index (χ4v) is 4.85. The maximum absolute atomic E-state index is 6.00. The number of fused-ring (bicyclic) bond motifs is 1. The van der Waals surface area contributed by atoms with Crippen molar-refractivity contribution in [2.75, 3.05) is 13.3 Å². The highest BCUT2D eigenvalue weighted by molar-refractivity contribution is 8.13. The van der Waals surface area contributed by atoms with E-state index in [0.717, 1.165) is 38.9 Å². The van der Waals surface area contributed by atoms with Crippen molar-refractivity contribution < 1.29 is 4.52 Å². The summed E-state index contributed by atoms with van der Waals surface area (Å²) in [7, 11) is 1.86. The molecule has 0 unspecified atom stereocenters. The number of likely N-dealkylation sites (tertiary alicyclic amines) is 1. The highest BCUT2D eigenvalue weighted by atomic mass is 35.5. The highest BCUT2D eigenvalue weighted by Gasteiger charge is 2.54. The van der Waals surface area contributed by atoms with Gasteiger partial charge in [0.2, 0.25) is 0 Å². The molecule has 1 saturated carbocycles. The van der Waals surface area contributed by atoms with Gasteiger partial charge in [-0.1, -0.05) is 28.5 Å². The average molecular weight is 354 g/mol.